The largest absolute Gasteiger partial charge is 0.337 e. The lowest BCUT2D eigenvalue weighted by atomic mass is 10.2. The first-order valence-corrected chi connectivity index (χ1v) is 6.85. The van der Waals surface area contributed by atoms with E-state index < -0.39 is 0 Å². The predicted molar refractivity (Wildman–Crippen MR) is 76.7 cm³/mol. The molecule has 19 heavy (non-hydrogen) atoms. The number of hydrogen-bond donors (Lipinski definition) is 1. The van der Waals surface area contributed by atoms with E-state index in [1.807, 2.05) is 24.7 Å². The summed E-state index contributed by atoms with van der Waals surface area (Å²) < 4.78 is 2.13. The van der Waals surface area contributed by atoms with Gasteiger partial charge in [0.15, 0.2) is 0 Å². The Bertz CT molecular complexity index is 476. The minimum atomic E-state index is 0.672. The van der Waals surface area contributed by atoms with Crippen LogP contribution < -0.4 is 5.32 Å². The molecule has 4 heteroatoms. The number of rotatable bonds is 7. The molecule has 2 aromatic rings. The molecule has 2 aromatic heterocycles. The zero-order chi connectivity index (χ0) is 13.5. The minimum Gasteiger partial charge on any atom is -0.337 e. The van der Waals surface area contributed by atoms with Crippen molar-refractivity contribution in [2.24, 2.45) is 5.92 Å². The fraction of sp³-hybridized carbons (Fsp3) is 0.467. The number of hydrogen-bond acceptors (Lipinski definition) is 3. The van der Waals surface area contributed by atoms with Gasteiger partial charge in [-0.05, 0) is 24.6 Å². The summed E-state index contributed by atoms with van der Waals surface area (Å²) in [5, 5.41) is 3.40. The lowest BCUT2D eigenvalue weighted by Gasteiger charge is -2.05. The van der Waals surface area contributed by atoms with Crippen LogP contribution in [0.25, 0.3) is 0 Å². The van der Waals surface area contributed by atoms with Gasteiger partial charge < -0.3 is 9.88 Å². The topological polar surface area (TPSA) is 42.7 Å². The highest BCUT2D eigenvalue weighted by Gasteiger charge is 2.00. The van der Waals surface area contributed by atoms with E-state index in [4.69, 9.17) is 0 Å². The number of aromatic nitrogens is 3. The van der Waals surface area contributed by atoms with Crippen LogP contribution in [0.3, 0.4) is 0 Å². The van der Waals surface area contributed by atoms with Crippen LogP contribution in [0.5, 0.6) is 0 Å². The van der Waals surface area contributed by atoms with Gasteiger partial charge in [-0.25, -0.2) is 4.98 Å². The van der Waals surface area contributed by atoms with Crippen LogP contribution in [0.1, 0.15) is 25.2 Å². The van der Waals surface area contributed by atoms with Crippen molar-refractivity contribution >= 4 is 0 Å². The number of nitrogens with one attached hydrogen (secondary N) is 1. The Labute approximate surface area is 114 Å². The highest BCUT2D eigenvalue weighted by atomic mass is 15.0. The maximum absolute atomic E-state index is 4.41. The van der Waals surface area contributed by atoms with Crippen molar-refractivity contribution < 1.29 is 0 Å². The van der Waals surface area contributed by atoms with Gasteiger partial charge in [0.25, 0.3) is 0 Å². The van der Waals surface area contributed by atoms with E-state index in [2.05, 4.69) is 46.0 Å². The first-order chi connectivity index (χ1) is 9.24. The molecule has 0 amide bonds. The molecule has 0 atom stereocenters. The lowest BCUT2D eigenvalue weighted by Crippen LogP contribution is -2.19. The molecule has 2 rings (SSSR count). The highest BCUT2D eigenvalue weighted by Crippen LogP contribution is 2.01. The van der Waals surface area contributed by atoms with Crippen LogP contribution in [0, 0.1) is 5.92 Å². The predicted octanol–water partition coefficient (Wildman–Crippen LogP) is 2.27. The molecule has 0 bridgehead atoms. The molecule has 0 aromatic carbocycles. The second-order valence-electron chi connectivity index (χ2n) is 5.20. The molecule has 2 heterocycles. The second kappa shape index (κ2) is 7.04. The molecular weight excluding hydrogens is 236 g/mol. The van der Waals surface area contributed by atoms with Crippen LogP contribution >= 0.6 is 0 Å². The van der Waals surface area contributed by atoms with E-state index in [1.165, 1.54) is 0 Å². The highest BCUT2D eigenvalue weighted by molar-refractivity contribution is 5.04. The third-order valence-corrected chi connectivity index (χ3v) is 2.90. The Balaban J connectivity index is 1.77. The molecule has 1 N–H and O–H groups in total. The first kappa shape index (κ1) is 13.7. The zero-order valence-electron chi connectivity index (χ0n) is 11.7. The van der Waals surface area contributed by atoms with Crippen LogP contribution in [0.2, 0.25) is 0 Å². The summed E-state index contributed by atoms with van der Waals surface area (Å²) in [5.74, 6) is 0.672. The van der Waals surface area contributed by atoms with Crippen molar-refractivity contribution in [1.29, 1.82) is 0 Å². The summed E-state index contributed by atoms with van der Waals surface area (Å²) in [4.78, 5) is 8.73. The minimum absolute atomic E-state index is 0.672. The quantitative estimate of drug-likeness (QED) is 0.828. The van der Waals surface area contributed by atoms with Gasteiger partial charge in [0.05, 0.1) is 12.0 Å². The molecule has 4 nitrogen and oxygen atoms in total. The average Bonchev–Trinajstić information content (AvgIpc) is 2.85. The molecular formula is C15H22N4. The number of pyridine rings is 1. The fourth-order valence-corrected chi connectivity index (χ4v) is 1.90. The van der Waals surface area contributed by atoms with Crippen LogP contribution in [-0.2, 0) is 19.5 Å². The van der Waals surface area contributed by atoms with Crippen molar-refractivity contribution in [3.05, 3.63) is 48.3 Å². The molecule has 0 aliphatic carbocycles. The molecule has 0 unspecified atom stereocenters. The molecule has 102 valence electrons. The van der Waals surface area contributed by atoms with Gasteiger partial charge in [-0.1, -0.05) is 19.9 Å². The zero-order valence-corrected chi connectivity index (χ0v) is 11.7. The summed E-state index contributed by atoms with van der Waals surface area (Å²) in [5.41, 5.74) is 2.22. The maximum atomic E-state index is 4.41. The average molecular weight is 258 g/mol. The van der Waals surface area contributed by atoms with Gasteiger partial charge in [0.1, 0.15) is 0 Å². The standard InChI is InChI=1S/C15H22N4/c1-13(2)9-16-10-15-11-19(12-18-15)8-6-14-5-3-4-7-17-14/h3-5,7,11-13,16H,6,8-10H2,1-2H3. The van der Waals surface area contributed by atoms with E-state index in [0.29, 0.717) is 5.92 Å². The Hall–Kier alpha value is -1.68. The van der Waals surface area contributed by atoms with Crippen molar-refractivity contribution in [3.63, 3.8) is 0 Å². The summed E-state index contributed by atoms with van der Waals surface area (Å²) in [6, 6.07) is 6.03. The summed E-state index contributed by atoms with van der Waals surface area (Å²) >= 11 is 0. The summed E-state index contributed by atoms with van der Waals surface area (Å²) in [6.45, 7) is 7.21. The van der Waals surface area contributed by atoms with E-state index in [1.54, 1.807) is 0 Å². The second-order valence-corrected chi connectivity index (χ2v) is 5.20. The van der Waals surface area contributed by atoms with Gasteiger partial charge in [-0.3, -0.25) is 4.98 Å². The maximum Gasteiger partial charge on any atom is 0.0950 e. The van der Waals surface area contributed by atoms with Gasteiger partial charge >= 0.3 is 0 Å². The Morgan fingerprint density at radius 2 is 2.11 bits per heavy atom. The van der Waals surface area contributed by atoms with Gasteiger partial charge in [0, 0.05) is 37.6 Å². The van der Waals surface area contributed by atoms with Gasteiger partial charge in [-0.15, -0.1) is 0 Å². The first-order valence-electron chi connectivity index (χ1n) is 6.85. The number of aryl methyl sites for hydroxylation is 2. The molecule has 0 saturated heterocycles. The van der Waals surface area contributed by atoms with E-state index in [-0.39, 0.29) is 0 Å². The van der Waals surface area contributed by atoms with E-state index in [9.17, 15) is 0 Å². The van der Waals surface area contributed by atoms with Gasteiger partial charge in [-0.2, -0.15) is 0 Å². The SMILES string of the molecule is CC(C)CNCc1cn(CCc2ccccn2)cn1. The fourth-order valence-electron chi connectivity index (χ4n) is 1.90. The molecule has 0 fully saturated rings. The lowest BCUT2D eigenvalue weighted by molar-refractivity contribution is 0.548. The molecule has 0 spiro atoms. The van der Waals surface area contributed by atoms with Crippen molar-refractivity contribution in [3.8, 4) is 0 Å². The molecule has 0 aliphatic rings. The van der Waals surface area contributed by atoms with Crippen molar-refractivity contribution in [2.75, 3.05) is 6.54 Å². The van der Waals surface area contributed by atoms with Crippen molar-refractivity contribution in [2.45, 2.75) is 33.4 Å². The Kier molecular flexibility index (Phi) is 5.10. The third kappa shape index (κ3) is 4.83. The molecule has 0 radical (unpaired) electrons. The number of nitrogens with zero attached hydrogens (tertiary/aromatic N) is 3. The Morgan fingerprint density at radius 1 is 1.21 bits per heavy atom. The van der Waals surface area contributed by atoms with Crippen LogP contribution in [0.15, 0.2) is 36.9 Å². The van der Waals surface area contributed by atoms with Gasteiger partial charge in [0.2, 0.25) is 0 Å². The summed E-state index contributed by atoms with van der Waals surface area (Å²) in [6.07, 6.45) is 6.78. The summed E-state index contributed by atoms with van der Waals surface area (Å²) in [7, 11) is 0. The normalized spacial score (nSPS) is 11.1. The van der Waals surface area contributed by atoms with E-state index >= 15 is 0 Å². The number of imidazole rings is 1. The van der Waals surface area contributed by atoms with Crippen LogP contribution in [-0.4, -0.2) is 21.1 Å². The van der Waals surface area contributed by atoms with Crippen LogP contribution in [0.4, 0.5) is 0 Å². The van der Waals surface area contributed by atoms with E-state index in [0.717, 1.165) is 37.4 Å². The Morgan fingerprint density at radius 3 is 2.84 bits per heavy atom. The molecule has 0 aliphatic heterocycles. The monoisotopic (exact) mass is 258 g/mol. The third-order valence-electron chi connectivity index (χ3n) is 2.90. The smallest absolute Gasteiger partial charge is 0.0950 e. The molecule has 0 saturated carbocycles. The van der Waals surface area contributed by atoms with Crippen molar-refractivity contribution in [1.82, 2.24) is 19.9 Å².